The lowest BCUT2D eigenvalue weighted by Crippen LogP contribution is -2.23. The van der Waals surface area contributed by atoms with Crippen LogP contribution >= 0.6 is 0 Å². The lowest BCUT2D eigenvalue weighted by Gasteiger charge is -2.07. The molecule has 1 heterocycles. The Morgan fingerprint density at radius 2 is 2.12 bits per heavy atom. The average molecular weight is 217 g/mol. The molecule has 0 spiro atoms. The van der Waals surface area contributed by atoms with Gasteiger partial charge in [0.05, 0.1) is 17.2 Å². The molecule has 2 rings (SSSR count). The normalized spacial score (nSPS) is 10.5. The predicted molar refractivity (Wildman–Crippen MR) is 59.8 cm³/mol. The Morgan fingerprint density at radius 1 is 1.38 bits per heavy atom. The number of hydrogen-bond acceptors (Lipinski definition) is 3. The summed E-state index contributed by atoms with van der Waals surface area (Å²) in [6, 6.07) is 7.28. The Balaban J connectivity index is 2.53. The quantitative estimate of drug-likeness (QED) is 0.801. The highest BCUT2D eigenvalue weighted by molar-refractivity contribution is 5.75. The maximum absolute atomic E-state index is 11.6. The number of para-hydroxylation sites is 2. The molecule has 0 aliphatic carbocycles. The molecule has 0 bridgehead atoms. The molecule has 0 atom stereocenters. The summed E-state index contributed by atoms with van der Waals surface area (Å²) in [5.74, 6) is -0.423. The third kappa shape index (κ3) is 1.93. The third-order valence-corrected chi connectivity index (χ3v) is 2.33. The smallest absolute Gasteiger partial charge is 0.269 e. The van der Waals surface area contributed by atoms with E-state index >= 15 is 0 Å². The lowest BCUT2D eigenvalue weighted by molar-refractivity contribution is -0.118. The van der Waals surface area contributed by atoms with Gasteiger partial charge in [-0.2, -0.15) is 0 Å². The number of primary amides is 1. The van der Waals surface area contributed by atoms with Crippen molar-refractivity contribution in [2.75, 3.05) is 0 Å². The van der Waals surface area contributed by atoms with Gasteiger partial charge in [-0.3, -0.25) is 9.59 Å². The van der Waals surface area contributed by atoms with E-state index in [0.29, 0.717) is 0 Å². The second-order valence-corrected chi connectivity index (χ2v) is 3.45. The van der Waals surface area contributed by atoms with Crippen LogP contribution in [0.15, 0.2) is 35.3 Å². The lowest BCUT2D eigenvalue weighted by atomic mass is 10.3. The molecule has 0 saturated carbocycles. The van der Waals surface area contributed by atoms with Crippen molar-refractivity contribution in [3.8, 4) is 0 Å². The summed E-state index contributed by atoms with van der Waals surface area (Å²) in [6.07, 6.45) is 1.40. The van der Waals surface area contributed by atoms with Crippen LogP contribution < -0.4 is 11.3 Å². The maximum atomic E-state index is 11.6. The number of fused-ring (bicyclic) bond motifs is 1. The molecule has 0 aliphatic rings. The first-order valence-electron chi connectivity index (χ1n) is 4.91. The zero-order valence-corrected chi connectivity index (χ0v) is 8.59. The van der Waals surface area contributed by atoms with Gasteiger partial charge in [0, 0.05) is 13.0 Å². The zero-order chi connectivity index (χ0) is 11.5. The third-order valence-electron chi connectivity index (χ3n) is 2.33. The predicted octanol–water partition coefficient (Wildman–Crippen LogP) is 0.272. The Labute approximate surface area is 91.5 Å². The summed E-state index contributed by atoms with van der Waals surface area (Å²) < 4.78 is 1.51. The first-order valence-corrected chi connectivity index (χ1v) is 4.91. The summed E-state index contributed by atoms with van der Waals surface area (Å²) in [5, 5.41) is 0. The molecule has 0 aliphatic heterocycles. The topological polar surface area (TPSA) is 78.0 Å². The van der Waals surface area contributed by atoms with Crippen LogP contribution in [0.5, 0.6) is 0 Å². The van der Waals surface area contributed by atoms with Crippen molar-refractivity contribution in [1.29, 1.82) is 0 Å². The van der Waals surface area contributed by atoms with Gasteiger partial charge < -0.3 is 10.3 Å². The van der Waals surface area contributed by atoms with Gasteiger partial charge in [-0.15, -0.1) is 0 Å². The summed E-state index contributed by atoms with van der Waals surface area (Å²) in [5.41, 5.74) is 6.29. The van der Waals surface area contributed by atoms with E-state index in [1.165, 1.54) is 10.8 Å². The molecule has 0 unspecified atom stereocenters. The summed E-state index contributed by atoms with van der Waals surface area (Å²) in [6.45, 7) is 0.289. The fourth-order valence-corrected chi connectivity index (χ4v) is 1.57. The van der Waals surface area contributed by atoms with E-state index in [2.05, 4.69) is 4.98 Å². The number of benzene rings is 1. The Hall–Kier alpha value is -2.17. The van der Waals surface area contributed by atoms with Crippen LogP contribution in [0.25, 0.3) is 11.0 Å². The van der Waals surface area contributed by atoms with Gasteiger partial charge >= 0.3 is 0 Å². The van der Waals surface area contributed by atoms with Crippen molar-refractivity contribution in [3.05, 3.63) is 40.8 Å². The monoisotopic (exact) mass is 217 g/mol. The largest absolute Gasteiger partial charge is 0.370 e. The molecule has 1 aromatic carbocycles. The molecule has 0 saturated heterocycles. The summed E-state index contributed by atoms with van der Waals surface area (Å²) in [4.78, 5) is 26.3. The van der Waals surface area contributed by atoms with Crippen molar-refractivity contribution in [2.45, 2.75) is 13.0 Å². The molecule has 0 radical (unpaired) electrons. The molecular weight excluding hydrogens is 206 g/mol. The fourth-order valence-electron chi connectivity index (χ4n) is 1.57. The minimum Gasteiger partial charge on any atom is -0.370 e. The highest BCUT2D eigenvalue weighted by Gasteiger charge is 2.04. The molecule has 2 N–H and O–H groups in total. The number of hydrogen-bond donors (Lipinski definition) is 1. The van der Waals surface area contributed by atoms with Gasteiger partial charge in [0.2, 0.25) is 5.91 Å². The van der Waals surface area contributed by atoms with E-state index in [1.807, 2.05) is 18.2 Å². The molecule has 1 aromatic heterocycles. The minimum absolute atomic E-state index is 0.147. The van der Waals surface area contributed by atoms with Crippen LogP contribution in [0.1, 0.15) is 6.42 Å². The van der Waals surface area contributed by atoms with Crippen LogP contribution in [-0.4, -0.2) is 15.5 Å². The van der Waals surface area contributed by atoms with Gasteiger partial charge in [-0.05, 0) is 12.1 Å². The number of aromatic nitrogens is 2. The van der Waals surface area contributed by atoms with E-state index in [4.69, 9.17) is 5.73 Å². The number of carbonyl (C=O) groups excluding carboxylic acids is 1. The van der Waals surface area contributed by atoms with Crippen LogP contribution in [0.2, 0.25) is 0 Å². The van der Waals surface area contributed by atoms with E-state index < -0.39 is 5.91 Å². The second-order valence-electron chi connectivity index (χ2n) is 3.45. The fraction of sp³-hybridized carbons (Fsp3) is 0.182. The van der Waals surface area contributed by atoms with E-state index in [-0.39, 0.29) is 18.5 Å². The first-order chi connectivity index (χ1) is 7.68. The molecular formula is C11H11N3O2. The average Bonchev–Trinajstić information content (AvgIpc) is 2.27. The Morgan fingerprint density at radius 3 is 2.88 bits per heavy atom. The minimum atomic E-state index is -0.423. The molecule has 0 fully saturated rings. The van der Waals surface area contributed by atoms with Crippen molar-refractivity contribution < 1.29 is 4.79 Å². The van der Waals surface area contributed by atoms with Gasteiger partial charge in [0.15, 0.2) is 0 Å². The van der Waals surface area contributed by atoms with Crippen LogP contribution in [-0.2, 0) is 11.3 Å². The van der Waals surface area contributed by atoms with Crippen molar-refractivity contribution >= 4 is 16.9 Å². The maximum Gasteiger partial charge on any atom is 0.269 e. The van der Waals surface area contributed by atoms with Gasteiger partial charge in [0.1, 0.15) is 0 Å². The molecule has 2 aromatic rings. The second kappa shape index (κ2) is 4.14. The SMILES string of the molecule is NC(=O)CCn1c(=O)cnc2ccccc21. The number of amides is 1. The van der Waals surface area contributed by atoms with E-state index in [9.17, 15) is 9.59 Å². The standard InChI is InChI=1S/C11H11N3O2/c12-10(15)5-6-14-9-4-2-1-3-8(9)13-7-11(14)16/h1-4,7H,5-6H2,(H2,12,15). The van der Waals surface area contributed by atoms with Crippen LogP contribution in [0, 0.1) is 0 Å². The van der Waals surface area contributed by atoms with Crippen molar-refractivity contribution in [1.82, 2.24) is 9.55 Å². The molecule has 5 heteroatoms. The Bertz CT molecular complexity index is 589. The molecule has 82 valence electrons. The van der Waals surface area contributed by atoms with Crippen LogP contribution in [0.4, 0.5) is 0 Å². The number of aryl methyl sites for hydroxylation is 1. The number of nitrogens with two attached hydrogens (primary N) is 1. The molecule has 1 amide bonds. The number of carbonyl (C=O) groups is 1. The molecule has 16 heavy (non-hydrogen) atoms. The van der Waals surface area contributed by atoms with Crippen molar-refractivity contribution in [2.24, 2.45) is 5.73 Å². The highest BCUT2D eigenvalue weighted by atomic mass is 16.1. The zero-order valence-electron chi connectivity index (χ0n) is 8.59. The van der Waals surface area contributed by atoms with Gasteiger partial charge in [0.25, 0.3) is 5.56 Å². The van der Waals surface area contributed by atoms with Gasteiger partial charge in [-0.1, -0.05) is 12.1 Å². The van der Waals surface area contributed by atoms with Gasteiger partial charge in [-0.25, -0.2) is 4.98 Å². The highest BCUT2D eigenvalue weighted by Crippen LogP contribution is 2.08. The first kappa shape index (κ1) is 10.4. The molecule has 5 nitrogen and oxygen atoms in total. The summed E-state index contributed by atoms with van der Waals surface area (Å²) >= 11 is 0. The van der Waals surface area contributed by atoms with E-state index in [0.717, 1.165) is 11.0 Å². The van der Waals surface area contributed by atoms with Crippen LogP contribution in [0.3, 0.4) is 0 Å². The Kier molecular flexibility index (Phi) is 2.68. The number of rotatable bonds is 3. The number of nitrogens with zero attached hydrogens (tertiary/aromatic N) is 2. The van der Waals surface area contributed by atoms with Crippen molar-refractivity contribution in [3.63, 3.8) is 0 Å². The summed E-state index contributed by atoms with van der Waals surface area (Å²) in [7, 11) is 0. The van der Waals surface area contributed by atoms with E-state index in [1.54, 1.807) is 6.07 Å².